The summed E-state index contributed by atoms with van der Waals surface area (Å²) in [5.74, 6) is 1.48. The summed E-state index contributed by atoms with van der Waals surface area (Å²) in [4.78, 5) is 0. The Labute approximate surface area is 101 Å². The first kappa shape index (κ1) is 14.0. The van der Waals surface area contributed by atoms with Gasteiger partial charge in [0.05, 0.1) is 6.10 Å². The second-order valence-corrected chi connectivity index (χ2v) is 6.63. The van der Waals surface area contributed by atoms with Crippen LogP contribution in [-0.2, 0) is 4.74 Å². The van der Waals surface area contributed by atoms with Crippen LogP contribution in [0.25, 0.3) is 0 Å². The van der Waals surface area contributed by atoms with Crippen LogP contribution in [0.5, 0.6) is 0 Å². The van der Waals surface area contributed by atoms with Crippen molar-refractivity contribution in [3.63, 3.8) is 0 Å². The predicted octanol–water partition coefficient (Wildman–Crippen LogP) is 3.20. The lowest BCUT2D eigenvalue weighted by Gasteiger charge is -2.40. The highest BCUT2D eigenvalue weighted by Crippen LogP contribution is 2.35. The molecule has 4 unspecified atom stereocenters. The third-order valence-electron chi connectivity index (χ3n) is 3.98. The fourth-order valence-corrected chi connectivity index (χ4v) is 3.17. The predicted molar refractivity (Wildman–Crippen MR) is 69.3 cm³/mol. The van der Waals surface area contributed by atoms with E-state index in [0.717, 1.165) is 5.92 Å². The van der Waals surface area contributed by atoms with Crippen LogP contribution in [0, 0.1) is 17.3 Å². The summed E-state index contributed by atoms with van der Waals surface area (Å²) in [6, 6.07) is 0.188. The van der Waals surface area contributed by atoms with Crippen LogP contribution in [-0.4, -0.2) is 19.3 Å². The number of nitrogens with two attached hydrogens (primary N) is 1. The van der Waals surface area contributed by atoms with E-state index in [9.17, 15) is 0 Å². The molecule has 1 aliphatic rings. The summed E-state index contributed by atoms with van der Waals surface area (Å²) in [5.41, 5.74) is 6.56. The van der Waals surface area contributed by atoms with Gasteiger partial charge in [-0.15, -0.1) is 0 Å². The molecule has 1 rings (SSSR count). The summed E-state index contributed by atoms with van der Waals surface area (Å²) in [6.45, 7) is 8.99. The molecule has 2 nitrogen and oxygen atoms in total. The minimum absolute atomic E-state index is 0.134. The Bertz CT molecular complexity index is 209. The van der Waals surface area contributed by atoms with Gasteiger partial charge in [-0.3, -0.25) is 0 Å². The van der Waals surface area contributed by atoms with Crippen molar-refractivity contribution in [3.8, 4) is 0 Å². The van der Waals surface area contributed by atoms with Gasteiger partial charge in [0, 0.05) is 13.2 Å². The molecule has 0 saturated heterocycles. The van der Waals surface area contributed by atoms with Crippen molar-refractivity contribution in [1.82, 2.24) is 0 Å². The second kappa shape index (κ2) is 5.50. The lowest BCUT2D eigenvalue weighted by molar-refractivity contribution is -0.0222. The first-order valence-corrected chi connectivity index (χ1v) is 6.64. The van der Waals surface area contributed by atoms with Crippen molar-refractivity contribution < 1.29 is 4.74 Å². The van der Waals surface area contributed by atoms with E-state index >= 15 is 0 Å². The SMILES string of the molecule is COC(C(N)C1CCCC(C)C1)C(C)(C)C. The lowest BCUT2D eigenvalue weighted by atomic mass is 9.73. The second-order valence-electron chi connectivity index (χ2n) is 6.63. The molecule has 4 atom stereocenters. The first-order chi connectivity index (χ1) is 7.36. The third-order valence-corrected chi connectivity index (χ3v) is 3.98. The van der Waals surface area contributed by atoms with Crippen molar-refractivity contribution in [3.05, 3.63) is 0 Å². The zero-order valence-corrected chi connectivity index (χ0v) is 11.6. The standard InChI is InChI=1S/C14H29NO/c1-10-7-6-8-11(9-10)12(15)13(16-5)14(2,3)4/h10-13H,6-9,15H2,1-5H3. The van der Waals surface area contributed by atoms with Crippen LogP contribution in [0.4, 0.5) is 0 Å². The Morgan fingerprint density at radius 3 is 2.31 bits per heavy atom. The van der Waals surface area contributed by atoms with Gasteiger partial charge < -0.3 is 10.5 Å². The van der Waals surface area contributed by atoms with E-state index in [1.54, 1.807) is 7.11 Å². The Morgan fingerprint density at radius 1 is 1.25 bits per heavy atom. The van der Waals surface area contributed by atoms with Crippen LogP contribution in [0.1, 0.15) is 53.4 Å². The number of rotatable bonds is 3. The highest BCUT2D eigenvalue weighted by atomic mass is 16.5. The van der Waals surface area contributed by atoms with Crippen LogP contribution in [0.2, 0.25) is 0 Å². The van der Waals surface area contributed by atoms with E-state index < -0.39 is 0 Å². The molecule has 0 heterocycles. The molecule has 0 aromatic rings. The molecular weight excluding hydrogens is 198 g/mol. The van der Waals surface area contributed by atoms with Crippen molar-refractivity contribution in [2.75, 3.05) is 7.11 Å². The van der Waals surface area contributed by atoms with Crippen molar-refractivity contribution in [1.29, 1.82) is 0 Å². The molecule has 0 amide bonds. The van der Waals surface area contributed by atoms with Crippen LogP contribution in [0.15, 0.2) is 0 Å². The summed E-state index contributed by atoms with van der Waals surface area (Å²) in [6.07, 6.45) is 5.43. The smallest absolute Gasteiger partial charge is 0.0772 e. The Balaban J connectivity index is 2.63. The summed E-state index contributed by atoms with van der Waals surface area (Å²) in [5, 5.41) is 0. The molecule has 2 heteroatoms. The molecule has 0 aromatic carbocycles. The van der Waals surface area contributed by atoms with Gasteiger partial charge in [0.15, 0.2) is 0 Å². The van der Waals surface area contributed by atoms with E-state index in [4.69, 9.17) is 10.5 Å². The minimum Gasteiger partial charge on any atom is -0.379 e. The molecule has 1 fully saturated rings. The fraction of sp³-hybridized carbons (Fsp3) is 1.00. The van der Waals surface area contributed by atoms with Crippen LogP contribution < -0.4 is 5.73 Å². The number of ether oxygens (including phenoxy) is 1. The summed E-state index contributed by atoms with van der Waals surface area (Å²) >= 11 is 0. The largest absolute Gasteiger partial charge is 0.379 e. The summed E-state index contributed by atoms with van der Waals surface area (Å²) in [7, 11) is 1.79. The van der Waals surface area contributed by atoms with Gasteiger partial charge in [0.1, 0.15) is 0 Å². The zero-order valence-electron chi connectivity index (χ0n) is 11.6. The van der Waals surface area contributed by atoms with Gasteiger partial charge in [-0.2, -0.15) is 0 Å². The first-order valence-electron chi connectivity index (χ1n) is 6.64. The third kappa shape index (κ3) is 3.46. The van der Waals surface area contributed by atoms with Crippen molar-refractivity contribution >= 4 is 0 Å². The molecule has 0 aliphatic heterocycles. The summed E-state index contributed by atoms with van der Waals surface area (Å²) < 4.78 is 5.64. The highest BCUT2D eigenvalue weighted by molar-refractivity contribution is 4.90. The Hall–Kier alpha value is -0.0800. The van der Waals surface area contributed by atoms with Crippen LogP contribution in [0.3, 0.4) is 0 Å². The average molecular weight is 227 g/mol. The number of methoxy groups -OCH3 is 1. The van der Waals surface area contributed by atoms with Gasteiger partial charge in [-0.1, -0.05) is 40.5 Å². The van der Waals surface area contributed by atoms with E-state index in [0.29, 0.717) is 5.92 Å². The topological polar surface area (TPSA) is 35.2 Å². The Kier molecular flexibility index (Phi) is 4.81. The molecule has 1 saturated carbocycles. The highest BCUT2D eigenvalue weighted by Gasteiger charge is 2.36. The van der Waals surface area contributed by atoms with Gasteiger partial charge in [0.2, 0.25) is 0 Å². The van der Waals surface area contributed by atoms with Gasteiger partial charge in [-0.25, -0.2) is 0 Å². The molecule has 16 heavy (non-hydrogen) atoms. The molecule has 96 valence electrons. The Morgan fingerprint density at radius 2 is 1.88 bits per heavy atom. The van der Waals surface area contributed by atoms with Crippen LogP contribution >= 0.6 is 0 Å². The van der Waals surface area contributed by atoms with Crippen molar-refractivity contribution in [2.45, 2.75) is 65.5 Å². The molecular formula is C14H29NO. The van der Waals surface area contributed by atoms with Crippen molar-refractivity contribution in [2.24, 2.45) is 23.0 Å². The monoisotopic (exact) mass is 227 g/mol. The quantitative estimate of drug-likeness (QED) is 0.803. The molecule has 1 aliphatic carbocycles. The number of hydrogen-bond donors (Lipinski definition) is 1. The normalized spacial score (nSPS) is 31.1. The average Bonchev–Trinajstić information content (AvgIpc) is 2.16. The van der Waals surface area contributed by atoms with Gasteiger partial charge >= 0.3 is 0 Å². The van der Waals surface area contributed by atoms with Gasteiger partial charge in [-0.05, 0) is 30.1 Å². The fourth-order valence-electron chi connectivity index (χ4n) is 3.17. The maximum Gasteiger partial charge on any atom is 0.0772 e. The van der Waals surface area contributed by atoms with E-state index in [1.165, 1.54) is 25.7 Å². The van der Waals surface area contributed by atoms with E-state index in [-0.39, 0.29) is 17.6 Å². The molecule has 0 aromatic heterocycles. The number of hydrogen-bond acceptors (Lipinski definition) is 2. The molecule has 2 N–H and O–H groups in total. The van der Waals surface area contributed by atoms with Gasteiger partial charge in [0.25, 0.3) is 0 Å². The molecule has 0 bridgehead atoms. The minimum atomic E-state index is 0.134. The molecule has 0 spiro atoms. The molecule has 0 radical (unpaired) electrons. The lowest BCUT2D eigenvalue weighted by Crippen LogP contribution is -2.50. The van der Waals surface area contributed by atoms with E-state index in [1.807, 2.05) is 0 Å². The maximum atomic E-state index is 6.43. The van der Waals surface area contributed by atoms with E-state index in [2.05, 4.69) is 27.7 Å². The maximum absolute atomic E-state index is 6.43. The zero-order chi connectivity index (χ0) is 12.3.